The van der Waals surface area contributed by atoms with Crippen LogP contribution in [-0.2, 0) is 6.42 Å². The lowest BCUT2D eigenvalue weighted by molar-refractivity contribution is 0.296. The van der Waals surface area contributed by atoms with Gasteiger partial charge in [0.1, 0.15) is 0 Å². The van der Waals surface area contributed by atoms with Crippen LogP contribution in [0.2, 0.25) is 0 Å². The first-order valence-corrected chi connectivity index (χ1v) is 5.65. The van der Waals surface area contributed by atoms with Crippen LogP contribution in [0.25, 0.3) is 11.3 Å². The van der Waals surface area contributed by atoms with Gasteiger partial charge in [0.2, 0.25) is 0 Å². The average Bonchev–Trinajstić information content (AvgIpc) is 2.30. The van der Waals surface area contributed by atoms with Crippen molar-refractivity contribution in [2.45, 2.75) is 6.42 Å². The van der Waals surface area contributed by atoms with Gasteiger partial charge in [0, 0.05) is 16.5 Å². The van der Waals surface area contributed by atoms with Crippen molar-refractivity contribution in [1.29, 1.82) is 0 Å². The number of aromatic nitrogens is 3. The van der Waals surface area contributed by atoms with Gasteiger partial charge in [-0.05, 0) is 6.07 Å². The molecule has 0 unspecified atom stereocenters. The summed E-state index contributed by atoms with van der Waals surface area (Å²) in [6, 6.07) is 7.78. The van der Waals surface area contributed by atoms with Crippen LogP contribution in [0.15, 0.2) is 34.9 Å². The summed E-state index contributed by atoms with van der Waals surface area (Å²) < 4.78 is 0.963. The molecule has 1 aromatic carbocycles. The molecule has 0 aliphatic rings. The summed E-state index contributed by atoms with van der Waals surface area (Å²) in [6.45, 7) is 0.0289. The molecule has 1 heterocycles. The maximum atomic E-state index is 8.82. The number of rotatable bonds is 3. The lowest BCUT2D eigenvalue weighted by Crippen LogP contribution is -2.01. The van der Waals surface area contributed by atoms with Gasteiger partial charge >= 0.3 is 0 Å². The zero-order valence-electron chi connectivity index (χ0n) is 8.47. The maximum Gasteiger partial charge on any atom is 0.153 e. The molecular weight excluding hydrogens is 270 g/mol. The van der Waals surface area contributed by atoms with E-state index in [2.05, 4.69) is 31.1 Å². The van der Waals surface area contributed by atoms with Gasteiger partial charge in [-0.1, -0.05) is 34.1 Å². The zero-order valence-corrected chi connectivity index (χ0v) is 10.1. The summed E-state index contributed by atoms with van der Waals surface area (Å²) in [7, 11) is 0. The Morgan fingerprint density at radius 3 is 2.81 bits per heavy atom. The van der Waals surface area contributed by atoms with E-state index in [4.69, 9.17) is 5.11 Å². The van der Waals surface area contributed by atoms with Crippen molar-refractivity contribution in [1.82, 2.24) is 15.2 Å². The van der Waals surface area contributed by atoms with Crippen molar-refractivity contribution in [2.75, 3.05) is 6.61 Å². The van der Waals surface area contributed by atoms with Crippen LogP contribution in [0.4, 0.5) is 0 Å². The van der Waals surface area contributed by atoms with Crippen molar-refractivity contribution in [3.8, 4) is 11.3 Å². The Labute approximate surface area is 102 Å². The van der Waals surface area contributed by atoms with E-state index in [-0.39, 0.29) is 6.61 Å². The summed E-state index contributed by atoms with van der Waals surface area (Å²) in [4.78, 5) is 4.33. The summed E-state index contributed by atoms with van der Waals surface area (Å²) in [5.41, 5.74) is 1.72. The number of benzene rings is 1. The third-order valence-electron chi connectivity index (χ3n) is 2.09. The molecule has 16 heavy (non-hydrogen) atoms. The highest BCUT2D eigenvalue weighted by Gasteiger charge is 2.05. The van der Waals surface area contributed by atoms with Crippen LogP contribution < -0.4 is 0 Å². The Balaban J connectivity index is 2.40. The fraction of sp³-hybridized carbons (Fsp3) is 0.182. The molecule has 2 aromatic rings. The predicted octanol–water partition coefficient (Wildman–Crippen LogP) is 1.84. The highest BCUT2D eigenvalue weighted by atomic mass is 79.9. The summed E-state index contributed by atoms with van der Waals surface area (Å²) in [5.74, 6) is 0.552. The predicted molar refractivity (Wildman–Crippen MR) is 63.8 cm³/mol. The molecular formula is C11H10BrN3O. The highest BCUT2D eigenvalue weighted by Crippen LogP contribution is 2.25. The van der Waals surface area contributed by atoms with E-state index >= 15 is 0 Å². The minimum atomic E-state index is 0.0289. The second kappa shape index (κ2) is 5.14. The van der Waals surface area contributed by atoms with E-state index in [0.717, 1.165) is 15.7 Å². The Morgan fingerprint density at radius 1 is 1.25 bits per heavy atom. The van der Waals surface area contributed by atoms with Gasteiger partial charge in [-0.25, -0.2) is 4.98 Å². The van der Waals surface area contributed by atoms with E-state index in [1.807, 2.05) is 24.3 Å². The molecule has 0 saturated heterocycles. The first-order chi connectivity index (χ1) is 7.81. The van der Waals surface area contributed by atoms with Crippen molar-refractivity contribution in [3.05, 3.63) is 40.8 Å². The molecule has 0 radical (unpaired) electrons. The minimum Gasteiger partial charge on any atom is -0.396 e. The number of aliphatic hydroxyl groups is 1. The van der Waals surface area contributed by atoms with Crippen molar-refractivity contribution < 1.29 is 5.11 Å². The molecule has 0 amide bonds. The van der Waals surface area contributed by atoms with Gasteiger partial charge in [-0.3, -0.25) is 0 Å². The third kappa shape index (κ3) is 2.43. The molecule has 1 aromatic heterocycles. The van der Waals surface area contributed by atoms with Gasteiger partial charge in [0.15, 0.2) is 5.82 Å². The summed E-state index contributed by atoms with van der Waals surface area (Å²) in [5, 5.41) is 16.5. The number of hydrogen-bond acceptors (Lipinski definition) is 4. The molecule has 1 N–H and O–H groups in total. The van der Waals surface area contributed by atoms with Crippen LogP contribution in [0.5, 0.6) is 0 Å². The Kier molecular flexibility index (Phi) is 3.58. The van der Waals surface area contributed by atoms with E-state index in [1.54, 1.807) is 6.20 Å². The van der Waals surface area contributed by atoms with Gasteiger partial charge in [-0.2, -0.15) is 5.10 Å². The topological polar surface area (TPSA) is 58.9 Å². The molecule has 0 bridgehead atoms. The van der Waals surface area contributed by atoms with Crippen molar-refractivity contribution >= 4 is 15.9 Å². The van der Waals surface area contributed by atoms with Crippen LogP contribution in [0.1, 0.15) is 5.82 Å². The first kappa shape index (κ1) is 11.2. The summed E-state index contributed by atoms with van der Waals surface area (Å²) in [6.07, 6.45) is 2.03. The number of hydrogen-bond donors (Lipinski definition) is 1. The van der Waals surface area contributed by atoms with E-state index < -0.39 is 0 Å². The lowest BCUT2D eigenvalue weighted by Gasteiger charge is -2.03. The SMILES string of the molecule is OCCc1nncc(-c2ccccc2Br)n1. The Hall–Kier alpha value is -1.33. The zero-order chi connectivity index (χ0) is 11.4. The van der Waals surface area contributed by atoms with Gasteiger partial charge in [0.25, 0.3) is 0 Å². The van der Waals surface area contributed by atoms with Crippen LogP contribution in [0.3, 0.4) is 0 Å². The van der Waals surface area contributed by atoms with Crippen molar-refractivity contribution in [2.24, 2.45) is 0 Å². The molecule has 0 aliphatic heterocycles. The maximum absolute atomic E-state index is 8.82. The lowest BCUT2D eigenvalue weighted by atomic mass is 10.2. The third-order valence-corrected chi connectivity index (χ3v) is 2.78. The molecule has 0 fully saturated rings. The van der Waals surface area contributed by atoms with Crippen LogP contribution in [-0.4, -0.2) is 26.9 Å². The van der Waals surface area contributed by atoms with E-state index in [1.165, 1.54) is 0 Å². The van der Waals surface area contributed by atoms with Crippen LogP contribution in [0, 0.1) is 0 Å². The standard InChI is InChI=1S/C11H10BrN3O/c12-9-4-2-1-3-8(9)10-7-13-15-11(14-10)5-6-16/h1-4,7,16H,5-6H2. The second-order valence-corrected chi connectivity index (χ2v) is 4.07. The molecule has 2 rings (SSSR count). The molecule has 0 saturated carbocycles. The highest BCUT2D eigenvalue weighted by molar-refractivity contribution is 9.10. The van der Waals surface area contributed by atoms with Crippen molar-refractivity contribution in [3.63, 3.8) is 0 Å². The quantitative estimate of drug-likeness (QED) is 0.932. The van der Waals surface area contributed by atoms with Gasteiger partial charge in [0.05, 0.1) is 18.5 Å². The Morgan fingerprint density at radius 2 is 2.06 bits per heavy atom. The molecule has 0 spiro atoms. The normalized spacial score (nSPS) is 10.4. The number of aliphatic hydroxyl groups excluding tert-OH is 1. The fourth-order valence-corrected chi connectivity index (χ4v) is 1.83. The first-order valence-electron chi connectivity index (χ1n) is 4.85. The molecule has 0 atom stereocenters. The van der Waals surface area contributed by atoms with E-state index in [9.17, 15) is 0 Å². The van der Waals surface area contributed by atoms with Gasteiger partial charge in [-0.15, -0.1) is 5.10 Å². The smallest absolute Gasteiger partial charge is 0.153 e. The summed E-state index contributed by atoms with van der Waals surface area (Å²) >= 11 is 3.46. The van der Waals surface area contributed by atoms with E-state index in [0.29, 0.717) is 12.2 Å². The minimum absolute atomic E-state index is 0.0289. The number of nitrogens with zero attached hydrogens (tertiary/aromatic N) is 3. The largest absolute Gasteiger partial charge is 0.396 e. The molecule has 5 heteroatoms. The molecule has 82 valence electrons. The Bertz CT molecular complexity index is 490. The average molecular weight is 280 g/mol. The fourth-order valence-electron chi connectivity index (χ4n) is 1.35. The van der Waals surface area contributed by atoms with Crippen LogP contribution >= 0.6 is 15.9 Å². The molecule has 0 aliphatic carbocycles. The second-order valence-electron chi connectivity index (χ2n) is 3.21. The number of halogens is 1. The van der Waals surface area contributed by atoms with Gasteiger partial charge < -0.3 is 5.11 Å². The monoisotopic (exact) mass is 279 g/mol. The molecule has 4 nitrogen and oxygen atoms in total.